The van der Waals surface area contributed by atoms with Gasteiger partial charge in [-0.2, -0.15) is 0 Å². The van der Waals surface area contributed by atoms with E-state index >= 15 is 0 Å². The van der Waals surface area contributed by atoms with Crippen molar-refractivity contribution in [2.75, 3.05) is 44.2 Å². The number of piperidine rings is 1. The molecule has 0 N–H and O–H groups in total. The Morgan fingerprint density at radius 2 is 1.75 bits per heavy atom. The van der Waals surface area contributed by atoms with Gasteiger partial charge in [-0.25, -0.2) is 4.98 Å². The van der Waals surface area contributed by atoms with E-state index in [1.807, 2.05) is 0 Å². The quantitative estimate of drug-likeness (QED) is 0.463. The van der Waals surface area contributed by atoms with E-state index in [9.17, 15) is 4.79 Å². The zero-order valence-corrected chi connectivity index (χ0v) is 22.2. The third-order valence-electron chi connectivity index (χ3n) is 7.84. The summed E-state index contributed by atoms with van der Waals surface area (Å²) in [4.78, 5) is 25.4. The number of aryl methyl sites for hydroxylation is 1. The molecule has 5 rings (SSSR count). The average molecular weight is 488 g/mol. The second-order valence-electron chi connectivity index (χ2n) is 10.8. The number of aromatic nitrogens is 2. The van der Waals surface area contributed by atoms with Crippen LogP contribution in [0.5, 0.6) is 0 Å². The molecular formula is C30H41N5O. The molecule has 6 nitrogen and oxygen atoms in total. The third-order valence-corrected chi connectivity index (χ3v) is 7.84. The summed E-state index contributed by atoms with van der Waals surface area (Å²) in [6.07, 6.45) is 4.38. The summed E-state index contributed by atoms with van der Waals surface area (Å²) in [7, 11) is 0. The van der Waals surface area contributed by atoms with E-state index in [1.165, 1.54) is 23.2 Å². The van der Waals surface area contributed by atoms with Crippen molar-refractivity contribution in [3.8, 4) is 0 Å². The maximum Gasteiger partial charge on any atom is 0.227 e. The van der Waals surface area contributed by atoms with Crippen molar-refractivity contribution in [3.63, 3.8) is 0 Å². The predicted octanol–water partition coefficient (Wildman–Crippen LogP) is 5.13. The first-order valence-electron chi connectivity index (χ1n) is 13.8. The molecule has 0 aliphatic carbocycles. The maximum atomic E-state index is 13.5. The van der Waals surface area contributed by atoms with E-state index in [1.54, 1.807) is 0 Å². The van der Waals surface area contributed by atoms with Crippen LogP contribution in [0.15, 0.2) is 48.5 Å². The number of piperazine rings is 1. The van der Waals surface area contributed by atoms with E-state index < -0.39 is 0 Å². The van der Waals surface area contributed by atoms with Gasteiger partial charge in [0.25, 0.3) is 0 Å². The summed E-state index contributed by atoms with van der Waals surface area (Å²) in [5, 5.41) is 0. The van der Waals surface area contributed by atoms with Gasteiger partial charge in [-0.15, -0.1) is 0 Å². The first-order chi connectivity index (χ1) is 17.5. The van der Waals surface area contributed by atoms with E-state index in [0.29, 0.717) is 11.9 Å². The van der Waals surface area contributed by atoms with E-state index in [2.05, 4.69) is 88.6 Å². The van der Waals surface area contributed by atoms with Gasteiger partial charge >= 0.3 is 0 Å². The van der Waals surface area contributed by atoms with Gasteiger partial charge in [-0.1, -0.05) is 37.6 Å². The number of carbonyl (C=O) groups excluding carboxylic acids is 1. The Morgan fingerprint density at radius 1 is 1.00 bits per heavy atom. The molecule has 36 heavy (non-hydrogen) atoms. The molecule has 1 atom stereocenters. The summed E-state index contributed by atoms with van der Waals surface area (Å²) in [6, 6.07) is 17.7. The normalized spacial score (nSPS) is 19.4. The van der Waals surface area contributed by atoms with Gasteiger partial charge in [-0.3, -0.25) is 9.69 Å². The molecule has 0 saturated carbocycles. The van der Waals surface area contributed by atoms with Gasteiger partial charge in [0.2, 0.25) is 5.91 Å². The number of imidazole rings is 1. The van der Waals surface area contributed by atoms with Gasteiger partial charge in [0.05, 0.1) is 23.5 Å². The summed E-state index contributed by atoms with van der Waals surface area (Å²) >= 11 is 0. The molecule has 1 amide bonds. The zero-order valence-electron chi connectivity index (χ0n) is 22.2. The van der Waals surface area contributed by atoms with Gasteiger partial charge in [0.1, 0.15) is 5.82 Å². The van der Waals surface area contributed by atoms with Crippen LogP contribution in [0, 0.1) is 5.92 Å². The van der Waals surface area contributed by atoms with Crippen LogP contribution in [0.4, 0.5) is 5.69 Å². The predicted molar refractivity (Wildman–Crippen MR) is 147 cm³/mol. The molecule has 1 aromatic heterocycles. The molecule has 2 aliphatic rings. The Bertz CT molecular complexity index is 1160. The highest BCUT2D eigenvalue weighted by Gasteiger charge is 2.31. The Kier molecular flexibility index (Phi) is 7.61. The lowest BCUT2D eigenvalue weighted by Gasteiger charge is -2.39. The van der Waals surface area contributed by atoms with Crippen LogP contribution >= 0.6 is 0 Å². The van der Waals surface area contributed by atoms with Crippen molar-refractivity contribution < 1.29 is 4.79 Å². The van der Waals surface area contributed by atoms with Crippen molar-refractivity contribution in [2.45, 2.75) is 59.0 Å². The minimum Gasteiger partial charge on any atom is -0.368 e. The molecule has 0 spiro atoms. The fraction of sp³-hybridized carbons (Fsp3) is 0.533. The van der Waals surface area contributed by atoms with Crippen molar-refractivity contribution in [1.82, 2.24) is 19.4 Å². The van der Waals surface area contributed by atoms with Crippen LogP contribution in [0.2, 0.25) is 0 Å². The fourth-order valence-electron chi connectivity index (χ4n) is 5.99. The molecule has 6 heteroatoms. The first kappa shape index (κ1) is 24.8. The molecule has 0 bridgehead atoms. The number of rotatable bonds is 7. The number of hydrogen-bond acceptors (Lipinski definition) is 4. The van der Waals surface area contributed by atoms with Crippen LogP contribution in [-0.2, 0) is 17.8 Å². The van der Waals surface area contributed by atoms with Crippen LogP contribution in [0.3, 0.4) is 0 Å². The van der Waals surface area contributed by atoms with Crippen LogP contribution in [0.25, 0.3) is 11.0 Å². The molecule has 3 heterocycles. The fourth-order valence-corrected chi connectivity index (χ4v) is 5.99. The van der Waals surface area contributed by atoms with Crippen molar-refractivity contribution in [2.24, 2.45) is 5.92 Å². The number of anilines is 1. The van der Waals surface area contributed by atoms with Crippen LogP contribution < -0.4 is 4.90 Å². The van der Waals surface area contributed by atoms with Crippen molar-refractivity contribution >= 4 is 22.6 Å². The number of amides is 1. The second kappa shape index (κ2) is 11.0. The third kappa shape index (κ3) is 5.29. The zero-order chi connectivity index (χ0) is 25.1. The highest BCUT2D eigenvalue weighted by atomic mass is 16.2. The lowest BCUT2D eigenvalue weighted by atomic mass is 9.96. The summed E-state index contributed by atoms with van der Waals surface area (Å²) in [5.74, 6) is 1.54. The second-order valence-corrected chi connectivity index (χ2v) is 10.8. The number of nitrogens with zero attached hydrogens (tertiary/aromatic N) is 5. The standard InChI is InChI=1S/C30H41N5O/c1-4-8-24-12-14-26(15-13-24)33-17-19-34(20-18-33)30(36)25-9-7-16-32(21-25)22-29-31-27-10-5-6-11-28(27)35(29)23(2)3/h5-6,10-15,23,25H,4,7-9,16-22H2,1-3H3/t25-/m1/s1. The monoisotopic (exact) mass is 487 g/mol. The lowest BCUT2D eigenvalue weighted by molar-refractivity contribution is -0.137. The lowest BCUT2D eigenvalue weighted by Crippen LogP contribution is -2.52. The van der Waals surface area contributed by atoms with Gasteiger partial charge < -0.3 is 14.4 Å². The van der Waals surface area contributed by atoms with Crippen molar-refractivity contribution in [1.29, 1.82) is 0 Å². The smallest absolute Gasteiger partial charge is 0.227 e. The first-order valence-corrected chi connectivity index (χ1v) is 13.8. The van der Waals surface area contributed by atoms with E-state index in [4.69, 9.17) is 4.98 Å². The van der Waals surface area contributed by atoms with E-state index in [-0.39, 0.29) is 5.92 Å². The highest BCUT2D eigenvalue weighted by molar-refractivity contribution is 5.79. The number of likely N-dealkylation sites (tertiary alicyclic amines) is 1. The molecule has 2 aromatic carbocycles. The highest BCUT2D eigenvalue weighted by Crippen LogP contribution is 2.26. The molecule has 2 aliphatic heterocycles. The topological polar surface area (TPSA) is 44.6 Å². The van der Waals surface area contributed by atoms with Gasteiger partial charge in [-0.05, 0) is 69.5 Å². The molecule has 192 valence electrons. The number of carbonyl (C=O) groups is 1. The summed E-state index contributed by atoms with van der Waals surface area (Å²) < 4.78 is 2.36. The molecular weight excluding hydrogens is 446 g/mol. The SMILES string of the molecule is CCCc1ccc(N2CCN(C(=O)[C@@H]3CCCN(Cc4nc5ccccc5n4C(C)C)C3)CC2)cc1. The minimum absolute atomic E-state index is 0.0931. The van der Waals surface area contributed by atoms with Crippen LogP contribution in [-0.4, -0.2) is 64.5 Å². The number of fused-ring (bicyclic) bond motifs is 1. The number of para-hydroxylation sites is 2. The van der Waals surface area contributed by atoms with Gasteiger partial charge in [0.15, 0.2) is 0 Å². The molecule has 0 unspecified atom stereocenters. The number of hydrogen-bond donors (Lipinski definition) is 0. The van der Waals surface area contributed by atoms with Gasteiger partial charge in [0, 0.05) is 44.5 Å². The minimum atomic E-state index is 0.0931. The Balaban J connectivity index is 1.18. The molecule has 3 aromatic rings. The molecule has 2 fully saturated rings. The molecule has 2 saturated heterocycles. The number of benzene rings is 2. The largest absolute Gasteiger partial charge is 0.368 e. The Hall–Kier alpha value is -2.86. The van der Waals surface area contributed by atoms with Crippen molar-refractivity contribution in [3.05, 3.63) is 59.9 Å². The summed E-state index contributed by atoms with van der Waals surface area (Å²) in [6.45, 7) is 12.8. The Morgan fingerprint density at radius 3 is 2.47 bits per heavy atom. The van der Waals surface area contributed by atoms with Crippen LogP contribution in [0.1, 0.15) is 57.5 Å². The Labute approximate surface area is 215 Å². The summed E-state index contributed by atoms with van der Waals surface area (Å²) in [5.41, 5.74) is 4.94. The molecule has 0 radical (unpaired) electrons. The maximum absolute atomic E-state index is 13.5. The average Bonchev–Trinajstić information content (AvgIpc) is 3.27. The van der Waals surface area contributed by atoms with E-state index in [0.717, 1.165) is 76.4 Å².